The molecular weight excluding hydrogens is 321 g/mol. The first kappa shape index (κ1) is 17.0. The first-order valence-corrected chi connectivity index (χ1v) is 7.92. The number of aromatic nitrogens is 2. The minimum Gasteiger partial charge on any atom is -0.342 e. The molecular formula is C16H21F3N4O. The minimum absolute atomic E-state index is 0.0868. The van der Waals surface area contributed by atoms with Crippen LogP contribution < -0.4 is 4.90 Å². The summed E-state index contributed by atoms with van der Waals surface area (Å²) in [6, 6.07) is 1.04. The summed E-state index contributed by atoms with van der Waals surface area (Å²) in [5, 5.41) is 0. The van der Waals surface area contributed by atoms with Crippen LogP contribution in [0.25, 0.3) is 0 Å². The third kappa shape index (κ3) is 2.93. The van der Waals surface area contributed by atoms with Gasteiger partial charge in [-0.15, -0.1) is 0 Å². The van der Waals surface area contributed by atoms with Crippen LogP contribution in [0.1, 0.15) is 26.5 Å². The Bertz CT molecular complexity index is 643. The summed E-state index contributed by atoms with van der Waals surface area (Å²) in [5.41, 5.74) is -1.36. The van der Waals surface area contributed by atoms with Crippen LogP contribution >= 0.6 is 0 Å². The SMILES string of the molecule is CN(C(=O)C(C)(C)C)C1[C@H]2CN(c3nccc(C(F)(F)F)n3)C[C@@H]12. The Morgan fingerprint density at radius 3 is 2.33 bits per heavy atom. The van der Waals surface area contributed by atoms with Gasteiger partial charge < -0.3 is 9.80 Å². The molecule has 1 aromatic rings. The molecule has 0 radical (unpaired) electrons. The van der Waals surface area contributed by atoms with Gasteiger partial charge in [-0.25, -0.2) is 9.97 Å². The van der Waals surface area contributed by atoms with Crippen LogP contribution in [0.3, 0.4) is 0 Å². The first-order valence-electron chi connectivity index (χ1n) is 7.92. The van der Waals surface area contributed by atoms with Crippen LogP contribution in [0.2, 0.25) is 0 Å². The molecule has 1 aliphatic heterocycles. The van der Waals surface area contributed by atoms with Gasteiger partial charge in [0.15, 0.2) is 0 Å². The zero-order chi connectivity index (χ0) is 17.9. The molecule has 0 N–H and O–H groups in total. The molecule has 1 amide bonds. The lowest BCUT2D eigenvalue weighted by Gasteiger charge is -2.29. The van der Waals surface area contributed by atoms with Gasteiger partial charge in [-0.05, 0) is 6.07 Å². The van der Waals surface area contributed by atoms with E-state index in [0.717, 1.165) is 12.3 Å². The molecule has 1 aromatic heterocycles. The predicted molar refractivity (Wildman–Crippen MR) is 82.2 cm³/mol. The quantitative estimate of drug-likeness (QED) is 0.828. The second kappa shape index (κ2) is 5.32. The number of alkyl halides is 3. The maximum atomic E-state index is 12.8. The highest BCUT2D eigenvalue weighted by atomic mass is 19.4. The highest BCUT2D eigenvalue weighted by Gasteiger charge is 2.59. The minimum atomic E-state index is -4.47. The van der Waals surface area contributed by atoms with Crippen LogP contribution in [0.4, 0.5) is 19.1 Å². The summed E-state index contributed by atoms with van der Waals surface area (Å²) in [6.07, 6.45) is -3.33. The number of nitrogens with zero attached hydrogens (tertiary/aromatic N) is 4. The van der Waals surface area contributed by atoms with Crippen molar-refractivity contribution in [1.29, 1.82) is 0 Å². The zero-order valence-corrected chi connectivity index (χ0v) is 14.1. The Balaban J connectivity index is 1.66. The van der Waals surface area contributed by atoms with Crippen molar-refractivity contribution in [2.45, 2.75) is 33.0 Å². The Kier molecular flexibility index (Phi) is 3.77. The molecule has 3 atom stereocenters. The predicted octanol–water partition coefficient (Wildman–Crippen LogP) is 2.43. The number of anilines is 1. The largest absolute Gasteiger partial charge is 0.433 e. The number of hydrogen-bond acceptors (Lipinski definition) is 4. The molecule has 1 saturated heterocycles. The van der Waals surface area contributed by atoms with Gasteiger partial charge >= 0.3 is 6.18 Å². The van der Waals surface area contributed by atoms with Crippen molar-refractivity contribution in [3.63, 3.8) is 0 Å². The lowest BCUT2D eigenvalue weighted by atomic mass is 9.95. The fourth-order valence-electron chi connectivity index (χ4n) is 3.56. The van der Waals surface area contributed by atoms with Gasteiger partial charge in [0.25, 0.3) is 0 Å². The Morgan fingerprint density at radius 1 is 1.25 bits per heavy atom. The molecule has 0 bridgehead atoms. The molecule has 3 rings (SSSR count). The van der Waals surface area contributed by atoms with Crippen LogP contribution in [0.15, 0.2) is 12.3 Å². The first-order chi connectivity index (χ1) is 11.0. The number of amides is 1. The maximum absolute atomic E-state index is 12.8. The maximum Gasteiger partial charge on any atom is 0.433 e. The number of piperidine rings is 1. The van der Waals surface area contributed by atoms with Crippen molar-refractivity contribution in [3.8, 4) is 0 Å². The van der Waals surface area contributed by atoms with E-state index in [1.54, 1.807) is 9.80 Å². The third-order valence-corrected chi connectivity index (χ3v) is 4.77. The van der Waals surface area contributed by atoms with E-state index in [1.807, 2.05) is 27.8 Å². The average Bonchev–Trinajstić information content (AvgIpc) is 2.97. The molecule has 5 nitrogen and oxygen atoms in total. The summed E-state index contributed by atoms with van der Waals surface area (Å²) in [7, 11) is 1.81. The molecule has 2 heterocycles. The molecule has 1 aliphatic carbocycles. The summed E-state index contributed by atoms with van der Waals surface area (Å²) < 4.78 is 38.3. The van der Waals surface area contributed by atoms with Crippen LogP contribution in [-0.2, 0) is 11.0 Å². The normalized spacial score (nSPS) is 26.3. The van der Waals surface area contributed by atoms with E-state index in [4.69, 9.17) is 0 Å². The molecule has 2 fully saturated rings. The van der Waals surface area contributed by atoms with Gasteiger partial charge in [0, 0.05) is 49.6 Å². The van der Waals surface area contributed by atoms with Crippen molar-refractivity contribution in [1.82, 2.24) is 14.9 Å². The van der Waals surface area contributed by atoms with E-state index >= 15 is 0 Å². The molecule has 2 aliphatic rings. The van der Waals surface area contributed by atoms with E-state index in [-0.39, 0.29) is 29.7 Å². The van der Waals surface area contributed by atoms with Gasteiger partial charge in [0.2, 0.25) is 11.9 Å². The van der Waals surface area contributed by atoms with Crippen molar-refractivity contribution in [3.05, 3.63) is 18.0 Å². The highest BCUT2D eigenvalue weighted by Crippen LogP contribution is 2.49. The second-order valence-corrected chi connectivity index (χ2v) is 7.63. The van der Waals surface area contributed by atoms with Crippen molar-refractivity contribution >= 4 is 11.9 Å². The molecule has 1 saturated carbocycles. The molecule has 0 spiro atoms. The Morgan fingerprint density at radius 2 is 1.83 bits per heavy atom. The summed E-state index contributed by atoms with van der Waals surface area (Å²) in [4.78, 5) is 23.5. The molecule has 24 heavy (non-hydrogen) atoms. The number of carbonyl (C=O) groups excluding carboxylic acids is 1. The van der Waals surface area contributed by atoms with E-state index in [2.05, 4.69) is 9.97 Å². The van der Waals surface area contributed by atoms with Crippen molar-refractivity contribution < 1.29 is 18.0 Å². The number of fused-ring (bicyclic) bond motifs is 1. The Hall–Kier alpha value is -1.86. The van der Waals surface area contributed by atoms with Crippen LogP contribution in [-0.4, -0.2) is 47.0 Å². The van der Waals surface area contributed by atoms with E-state index < -0.39 is 17.3 Å². The van der Waals surface area contributed by atoms with Gasteiger partial charge in [0.1, 0.15) is 5.69 Å². The summed E-state index contributed by atoms with van der Waals surface area (Å²) >= 11 is 0. The van der Waals surface area contributed by atoms with Crippen molar-refractivity contribution in [2.75, 3.05) is 25.0 Å². The monoisotopic (exact) mass is 342 g/mol. The van der Waals surface area contributed by atoms with Gasteiger partial charge in [0.05, 0.1) is 0 Å². The molecule has 0 aromatic carbocycles. The van der Waals surface area contributed by atoms with Crippen molar-refractivity contribution in [2.24, 2.45) is 17.3 Å². The number of halogens is 3. The smallest absolute Gasteiger partial charge is 0.342 e. The molecule has 132 valence electrons. The fourth-order valence-corrected chi connectivity index (χ4v) is 3.56. The number of carbonyl (C=O) groups is 1. The Labute approximate surface area is 138 Å². The number of hydrogen-bond donors (Lipinski definition) is 0. The van der Waals surface area contributed by atoms with Gasteiger partial charge in [-0.2, -0.15) is 13.2 Å². The topological polar surface area (TPSA) is 49.3 Å². The molecule has 8 heteroatoms. The fraction of sp³-hybridized carbons (Fsp3) is 0.688. The lowest BCUT2D eigenvalue weighted by Crippen LogP contribution is -2.42. The average molecular weight is 342 g/mol. The van der Waals surface area contributed by atoms with E-state index in [0.29, 0.717) is 13.1 Å². The highest BCUT2D eigenvalue weighted by molar-refractivity contribution is 5.82. The number of rotatable bonds is 2. The van der Waals surface area contributed by atoms with E-state index in [1.165, 1.54) is 0 Å². The second-order valence-electron chi connectivity index (χ2n) is 7.63. The summed E-state index contributed by atoms with van der Waals surface area (Å²) in [5.74, 6) is 0.753. The standard InChI is InChI=1S/C16H21F3N4O/c1-15(2,3)13(24)22(4)12-9-7-23(8-10(9)12)14-20-6-5-11(21-14)16(17,18)19/h5-6,9-10,12H,7-8H2,1-4H3/t9-,10+,12?. The van der Waals surface area contributed by atoms with Crippen LogP contribution in [0, 0.1) is 17.3 Å². The van der Waals surface area contributed by atoms with Gasteiger partial charge in [-0.1, -0.05) is 20.8 Å². The third-order valence-electron chi connectivity index (χ3n) is 4.77. The van der Waals surface area contributed by atoms with E-state index in [9.17, 15) is 18.0 Å². The summed E-state index contributed by atoms with van der Waals surface area (Å²) in [6.45, 7) is 6.81. The lowest BCUT2D eigenvalue weighted by molar-refractivity contribution is -0.141. The van der Waals surface area contributed by atoms with Gasteiger partial charge in [-0.3, -0.25) is 4.79 Å². The molecule has 1 unspecified atom stereocenters. The van der Waals surface area contributed by atoms with Crippen LogP contribution in [0.5, 0.6) is 0 Å². The zero-order valence-electron chi connectivity index (χ0n) is 14.1.